The average Bonchev–Trinajstić information content (AvgIpc) is 2.55. The van der Waals surface area contributed by atoms with E-state index in [1.54, 1.807) is 30.3 Å². The molecule has 0 fully saturated rings. The van der Waals surface area contributed by atoms with Crippen LogP contribution in [0.1, 0.15) is 16.1 Å². The van der Waals surface area contributed by atoms with Crippen molar-refractivity contribution in [3.8, 4) is 0 Å². The molecule has 1 aromatic heterocycles. The lowest BCUT2D eigenvalue weighted by molar-refractivity contribution is 0.0691. The molecule has 128 valence electrons. The minimum absolute atomic E-state index is 0.0730. The number of carboxylic acid groups (broad SMARTS) is 1. The highest BCUT2D eigenvalue weighted by atomic mass is 32.2. The van der Waals surface area contributed by atoms with Crippen molar-refractivity contribution in [3.05, 3.63) is 59.8 Å². The van der Waals surface area contributed by atoms with Crippen LogP contribution < -0.4 is 10.5 Å². The van der Waals surface area contributed by atoms with Gasteiger partial charge in [-0.25, -0.2) is 18.2 Å². The predicted molar refractivity (Wildman–Crippen MR) is 95.1 cm³/mol. The van der Waals surface area contributed by atoms with E-state index in [2.05, 4.69) is 9.71 Å². The molecule has 4 N–H and O–H groups in total. The van der Waals surface area contributed by atoms with E-state index in [4.69, 9.17) is 5.73 Å². The smallest absolute Gasteiger partial charge is 0.354 e. The number of anilines is 2. The monoisotopic (exact) mass is 357 g/mol. The summed E-state index contributed by atoms with van der Waals surface area (Å²) in [5.41, 5.74) is 7.07. The van der Waals surface area contributed by atoms with Gasteiger partial charge in [0.2, 0.25) is 0 Å². The van der Waals surface area contributed by atoms with Crippen molar-refractivity contribution >= 4 is 38.3 Å². The number of aromatic nitrogens is 1. The zero-order chi connectivity index (χ0) is 18.2. The Morgan fingerprint density at radius 1 is 1.16 bits per heavy atom. The molecule has 0 aliphatic rings. The molecule has 0 saturated carbocycles. The van der Waals surface area contributed by atoms with E-state index in [0.717, 1.165) is 5.56 Å². The van der Waals surface area contributed by atoms with Crippen LogP contribution in [0.25, 0.3) is 10.9 Å². The highest BCUT2D eigenvalue weighted by molar-refractivity contribution is 7.92. The number of aromatic carboxylic acids is 1. The summed E-state index contributed by atoms with van der Waals surface area (Å²) in [6, 6.07) is 12.3. The number of nitrogens with one attached hydrogen (secondary N) is 1. The fraction of sp³-hybridized carbons (Fsp3) is 0.0588. The summed E-state index contributed by atoms with van der Waals surface area (Å²) in [5.74, 6) is -1.28. The summed E-state index contributed by atoms with van der Waals surface area (Å²) >= 11 is 0. The van der Waals surface area contributed by atoms with Crippen LogP contribution in [0.15, 0.2) is 53.4 Å². The number of hydrogen-bond acceptors (Lipinski definition) is 5. The third-order valence-electron chi connectivity index (χ3n) is 3.67. The molecule has 3 rings (SSSR count). The highest BCUT2D eigenvalue weighted by Crippen LogP contribution is 2.29. The van der Waals surface area contributed by atoms with Gasteiger partial charge in [0.1, 0.15) is 0 Å². The van der Waals surface area contributed by atoms with Gasteiger partial charge in [-0.05, 0) is 31.2 Å². The molecule has 0 aliphatic carbocycles. The van der Waals surface area contributed by atoms with Gasteiger partial charge in [0.25, 0.3) is 10.0 Å². The molecular formula is C17H15N3O4S. The molecule has 0 radical (unpaired) electrons. The summed E-state index contributed by atoms with van der Waals surface area (Å²) in [6.45, 7) is 1.85. The second-order valence-corrected chi connectivity index (χ2v) is 7.20. The van der Waals surface area contributed by atoms with Crippen molar-refractivity contribution in [2.24, 2.45) is 0 Å². The Morgan fingerprint density at radius 2 is 1.84 bits per heavy atom. The lowest BCUT2D eigenvalue weighted by Gasteiger charge is -2.12. The SMILES string of the molecule is Cc1ccc(S(=O)(=O)Nc2cc(C(=O)O)nc3c(N)cccc23)cc1. The first-order valence-corrected chi connectivity index (χ1v) is 8.78. The van der Waals surface area contributed by atoms with Gasteiger partial charge < -0.3 is 10.8 Å². The van der Waals surface area contributed by atoms with Gasteiger partial charge in [-0.3, -0.25) is 4.72 Å². The quantitative estimate of drug-likeness (QED) is 0.617. The first kappa shape index (κ1) is 16.7. The topological polar surface area (TPSA) is 122 Å². The summed E-state index contributed by atoms with van der Waals surface area (Å²) in [6.07, 6.45) is 0. The van der Waals surface area contributed by atoms with E-state index in [0.29, 0.717) is 5.39 Å². The first-order valence-electron chi connectivity index (χ1n) is 7.30. The summed E-state index contributed by atoms with van der Waals surface area (Å²) in [5, 5.41) is 9.64. The lowest BCUT2D eigenvalue weighted by atomic mass is 10.1. The molecule has 8 heteroatoms. The van der Waals surface area contributed by atoms with Crippen molar-refractivity contribution in [1.82, 2.24) is 4.98 Å². The Balaban J connectivity index is 2.16. The molecule has 0 spiro atoms. The van der Waals surface area contributed by atoms with Gasteiger partial charge in [-0.2, -0.15) is 0 Å². The molecule has 7 nitrogen and oxygen atoms in total. The van der Waals surface area contributed by atoms with E-state index >= 15 is 0 Å². The van der Waals surface area contributed by atoms with Crippen LogP contribution >= 0.6 is 0 Å². The number of rotatable bonds is 4. The number of carbonyl (C=O) groups is 1. The fourth-order valence-electron chi connectivity index (χ4n) is 2.39. The van der Waals surface area contributed by atoms with Crippen LogP contribution in [-0.4, -0.2) is 24.5 Å². The number of nitrogens with two attached hydrogens (primary N) is 1. The van der Waals surface area contributed by atoms with Crippen molar-refractivity contribution in [2.45, 2.75) is 11.8 Å². The first-order chi connectivity index (χ1) is 11.8. The maximum absolute atomic E-state index is 12.6. The number of aryl methyl sites for hydroxylation is 1. The third kappa shape index (κ3) is 3.24. The number of sulfonamides is 1. The molecule has 1 heterocycles. The van der Waals surface area contributed by atoms with Crippen LogP contribution in [0, 0.1) is 6.92 Å². The largest absolute Gasteiger partial charge is 0.477 e. The Bertz CT molecular complexity index is 1080. The van der Waals surface area contributed by atoms with Crippen LogP contribution in [-0.2, 0) is 10.0 Å². The van der Waals surface area contributed by atoms with Crippen LogP contribution in [0.5, 0.6) is 0 Å². The number of carboxylic acids is 1. The van der Waals surface area contributed by atoms with E-state index < -0.39 is 16.0 Å². The molecule has 0 aliphatic heterocycles. The van der Waals surface area contributed by atoms with Crippen molar-refractivity contribution in [1.29, 1.82) is 0 Å². The van der Waals surface area contributed by atoms with Crippen LogP contribution in [0.2, 0.25) is 0 Å². The van der Waals surface area contributed by atoms with E-state index in [1.807, 2.05) is 6.92 Å². The zero-order valence-corrected chi connectivity index (χ0v) is 14.0. The highest BCUT2D eigenvalue weighted by Gasteiger charge is 2.18. The number of para-hydroxylation sites is 1. The Morgan fingerprint density at radius 3 is 2.48 bits per heavy atom. The normalized spacial score (nSPS) is 11.4. The van der Waals surface area contributed by atoms with Gasteiger partial charge in [0.05, 0.1) is 21.8 Å². The third-order valence-corrected chi connectivity index (χ3v) is 5.05. The Hall–Kier alpha value is -3.13. The maximum atomic E-state index is 12.6. The molecule has 2 aromatic carbocycles. The van der Waals surface area contributed by atoms with Crippen LogP contribution in [0.3, 0.4) is 0 Å². The number of benzene rings is 2. The predicted octanol–water partition coefficient (Wildman–Crippen LogP) is 2.62. The van der Waals surface area contributed by atoms with Crippen molar-refractivity contribution in [3.63, 3.8) is 0 Å². The van der Waals surface area contributed by atoms with Gasteiger partial charge in [-0.1, -0.05) is 29.8 Å². The number of fused-ring (bicyclic) bond motifs is 1. The van der Waals surface area contributed by atoms with E-state index in [-0.39, 0.29) is 27.5 Å². The number of hydrogen-bond donors (Lipinski definition) is 3. The molecule has 0 saturated heterocycles. The zero-order valence-electron chi connectivity index (χ0n) is 13.2. The van der Waals surface area contributed by atoms with Gasteiger partial charge in [-0.15, -0.1) is 0 Å². The number of nitrogens with zero attached hydrogens (tertiary/aromatic N) is 1. The molecule has 0 amide bonds. The Labute approximate surface area is 144 Å². The molecule has 3 aromatic rings. The Kier molecular flexibility index (Phi) is 4.05. The van der Waals surface area contributed by atoms with Crippen LogP contribution in [0.4, 0.5) is 11.4 Å². The second-order valence-electron chi connectivity index (χ2n) is 5.52. The van der Waals surface area contributed by atoms with Gasteiger partial charge in [0, 0.05) is 5.39 Å². The van der Waals surface area contributed by atoms with Gasteiger partial charge in [0.15, 0.2) is 5.69 Å². The molecule has 25 heavy (non-hydrogen) atoms. The van der Waals surface area contributed by atoms with E-state index in [1.165, 1.54) is 18.2 Å². The maximum Gasteiger partial charge on any atom is 0.354 e. The van der Waals surface area contributed by atoms with E-state index in [9.17, 15) is 18.3 Å². The van der Waals surface area contributed by atoms with Crippen molar-refractivity contribution in [2.75, 3.05) is 10.5 Å². The lowest BCUT2D eigenvalue weighted by Crippen LogP contribution is -2.14. The average molecular weight is 357 g/mol. The molecular weight excluding hydrogens is 342 g/mol. The second kappa shape index (κ2) is 6.06. The summed E-state index contributed by atoms with van der Waals surface area (Å²) in [7, 11) is -3.89. The molecule has 0 unspecified atom stereocenters. The minimum atomic E-state index is -3.89. The fourth-order valence-corrected chi connectivity index (χ4v) is 3.46. The minimum Gasteiger partial charge on any atom is -0.477 e. The number of nitrogen functional groups attached to an aromatic ring is 1. The summed E-state index contributed by atoms with van der Waals surface area (Å²) < 4.78 is 27.7. The standard InChI is InChI=1S/C17H15N3O4S/c1-10-5-7-11(8-6-10)25(23,24)20-14-9-15(17(21)22)19-16-12(14)3-2-4-13(16)18/h2-9H,18H2,1H3,(H,19,20)(H,21,22). The van der Waals surface area contributed by atoms with Gasteiger partial charge >= 0.3 is 5.97 Å². The molecule has 0 bridgehead atoms. The van der Waals surface area contributed by atoms with Crippen molar-refractivity contribution < 1.29 is 18.3 Å². The molecule has 0 atom stereocenters. The summed E-state index contributed by atoms with van der Waals surface area (Å²) in [4.78, 5) is 15.4. The number of pyridine rings is 1.